The predicted octanol–water partition coefficient (Wildman–Crippen LogP) is 4.87. The highest BCUT2D eigenvalue weighted by atomic mass is 35.5. The summed E-state index contributed by atoms with van der Waals surface area (Å²) in [7, 11) is 0. The standard InChI is InChI=1S/C19H16Cl2N4O2S/c1-2-9-25-18(13-5-3-4-6-16(13)26)23-24-19(25)28-11-17(27)22-15-8-7-12(20)10-14(15)21/h2-8,10,26H,1,9,11H2,(H,22,27). The van der Waals surface area contributed by atoms with Gasteiger partial charge in [0.05, 0.1) is 22.0 Å². The van der Waals surface area contributed by atoms with Gasteiger partial charge in [-0.2, -0.15) is 0 Å². The molecule has 0 aliphatic carbocycles. The minimum atomic E-state index is -0.244. The molecular formula is C19H16Cl2N4O2S. The molecule has 0 unspecified atom stereocenters. The smallest absolute Gasteiger partial charge is 0.234 e. The molecule has 1 heterocycles. The van der Waals surface area contributed by atoms with Gasteiger partial charge in [-0.25, -0.2) is 0 Å². The first-order valence-electron chi connectivity index (χ1n) is 8.19. The normalized spacial score (nSPS) is 10.6. The van der Waals surface area contributed by atoms with Crippen molar-refractivity contribution in [2.45, 2.75) is 11.7 Å². The highest BCUT2D eigenvalue weighted by Gasteiger charge is 2.17. The van der Waals surface area contributed by atoms with Gasteiger partial charge in [0.1, 0.15) is 5.75 Å². The number of benzene rings is 2. The van der Waals surface area contributed by atoms with E-state index in [0.29, 0.717) is 38.8 Å². The molecule has 3 rings (SSSR count). The van der Waals surface area contributed by atoms with Gasteiger partial charge in [0.25, 0.3) is 0 Å². The van der Waals surface area contributed by atoms with Crippen molar-refractivity contribution in [3.8, 4) is 17.1 Å². The van der Waals surface area contributed by atoms with Crippen LogP contribution in [0.3, 0.4) is 0 Å². The maximum absolute atomic E-state index is 12.3. The van der Waals surface area contributed by atoms with Crippen LogP contribution in [-0.4, -0.2) is 31.5 Å². The summed E-state index contributed by atoms with van der Waals surface area (Å²) in [6.07, 6.45) is 1.70. The molecule has 3 aromatic rings. The van der Waals surface area contributed by atoms with Gasteiger partial charge in [0.2, 0.25) is 5.91 Å². The number of nitrogens with zero attached hydrogens (tertiary/aromatic N) is 3. The van der Waals surface area contributed by atoms with Crippen LogP contribution >= 0.6 is 35.0 Å². The van der Waals surface area contributed by atoms with Crippen LogP contribution in [0.2, 0.25) is 10.0 Å². The number of allylic oxidation sites excluding steroid dienone is 1. The summed E-state index contributed by atoms with van der Waals surface area (Å²) in [5.74, 6) is 0.467. The van der Waals surface area contributed by atoms with Crippen LogP contribution in [0.25, 0.3) is 11.4 Å². The Morgan fingerprint density at radius 1 is 1.25 bits per heavy atom. The number of para-hydroxylation sites is 1. The third-order valence-electron chi connectivity index (χ3n) is 3.71. The number of aromatic nitrogens is 3. The van der Waals surface area contributed by atoms with E-state index in [4.69, 9.17) is 23.2 Å². The number of nitrogens with one attached hydrogen (secondary N) is 1. The number of carbonyl (C=O) groups excluding carboxylic acids is 1. The number of carbonyl (C=O) groups is 1. The number of phenolic OH excluding ortho intramolecular Hbond substituents is 1. The fourth-order valence-corrected chi connectivity index (χ4v) is 3.66. The quantitative estimate of drug-likeness (QED) is 0.409. The summed E-state index contributed by atoms with van der Waals surface area (Å²) >= 11 is 13.2. The molecule has 28 heavy (non-hydrogen) atoms. The van der Waals surface area contributed by atoms with Gasteiger partial charge in [-0.15, -0.1) is 16.8 Å². The summed E-state index contributed by atoms with van der Waals surface area (Å²) in [6, 6.07) is 11.7. The number of anilines is 1. The molecule has 0 aliphatic rings. The second-order valence-electron chi connectivity index (χ2n) is 5.68. The van der Waals surface area contributed by atoms with Crippen molar-refractivity contribution < 1.29 is 9.90 Å². The molecule has 0 bridgehead atoms. The molecular weight excluding hydrogens is 419 g/mol. The van der Waals surface area contributed by atoms with E-state index in [0.717, 1.165) is 0 Å². The van der Waals surface area contributed by atoms with Crippen molar-refractivity contribution in [3.05, 3.63) is 65.2 Å². The molecule has 2 N–H and O–H groups in total. The summed E-state index contributed by atoms with van der Waals surface area (Å²) in [6.45, 7) is 4.18. The van der Waals surface area contributed by atoms with Crippen molar-refractivity contribution in [2.24, 2.45) is 0 Å². The lowest BCUT2D eigenvalue weighted by atomic mass is 10.2. The Kier molecular flexibility index (Phi) is 6.61. The molecule has 0 atom stereocenters. The number of rotatable bonds is 7. The van der Waals surface area contributed by atoms with E-state index < -0.39 is 0 Å². The third-order valence-corrected chi connectivity index (χ3v) is 5.23. The van der Waals surface area contributed by atoms with Crippen molar-refractivity contribution in [1.82, 2.24) is 14.8 Å². The minimum Gasteiger partial charge on any atom is -0.507 e. The van der Waals surface area contributed by atoms with Crippen molar-refractivity contribution in [1.29, 1.82) is 0 Å². The summed E-state index contributed by atoms with van der Waals surface area (Å²) in [4.78, 5) is 12.3. The molecule has 0 saturated carbocycles. The molecule has 2 aromatic carbocycles. The fraction of sp³-hybridized carbons (Fsp3) is 0.105. The second-order valence-corrected chi connectivity index (χ2v) is 7.47. The number of hydrogen-bond acceptors (Lipinski definition) is 5. The first-order valence-corrected chi connectivity index (χ1v) is 9.94. The lowest BCUT2D eigenvalue weighted by molar-refractivity contribution is -0.113. The Morgan fingerprint density at radius 3 is 2.75 bits per heavy atom. The molecule has 1 aromatic heterocycles. The summed E-state index contributed by atoms with van der Waals surface area (Å²) in [5.41, 5.74) is 1.04. The van der Waals surface area contributed by atoms with Crippen LogP contribution in [0.1, 0.15) is 0 Å². The Balaban J connectivity index is 1.74. The van der Waals surface area contributed by atoms with Crippen molar-refractivity contribution in [3.63, 3.8) is 0 Å². The molecule has 144 valence electrons. The van der Waals surface area contributed by atoms with Crippen LogP contribution in [0, 0.1) is 0 Å². The zero-order chi connectivity index (χ0) is 20.1. The van der Waals surface area contributed by atoms with Crippen LogP contribution in [-0.2, 0) is 11.3 Å². The Morgan fingerprint density at radius 2 is 2.04 bits per heavy atom. The molecule has 0 spiro atoms. The molecule has 0 saturated heterocycles. The Bertz CT molecular complexity index is 1020. The molecule has 1 amide bonds. The Labute approximate surface area is 176 Å². The second kappa shape index (κ2) is 9.14. The van der Waals surface area contributed by atoms with Gasteiger partial charge in [0.15, 0.2) is 11.0 Å². The monoisotopic (exact) mass is 434 g/mol. The SMILES string of the molecule is C=CCn1c(SCC(=O)Nc2ccc(Cl)cc2Cl)nnc1-c1ccccc1O. The van der Waals surface area contributed by atoms with Gasteiger partial charge in [-0.05, 0) is 30.3 Å². The predicted molar refractivity (Wildman–Crippen MR) is 113 cm³/mol. The van der Waals surface area contributed by atoms with Gasteiger partial charge in [-0.1, -0.05) is 53.2 Å². The summed E-state index contributed by atoms with van der Waals surface area (Å²) < 4.78 is 1.79. The van der Waals surface area contributed by atoms with Crippen LogP contribution in [0.15, 0.2) is 60.3 Å². The molecule has 0 aliphatic heterocycles. The lowest BCUT2D eigenvalue weighted by Crippen LogP contribution is -2.15. The number of phenols is 1. The number of amides is 1. The molecule has 0 fully saturated rings. The zero-order valence-electron chi connectivity index (χ0n) is 14.6. The number of thioether (sulfide) groups is 1. The van der Waals surface area contributed by atoms with Gasteiger partial charge in [-0.3, -0.25) is 9.36 Å². The minimum absolute atomic E-state index is 0.104. The van der Waals surface area contributed by atoms with Gasteiger partial charge in [0, 0.05) is 11.6 Å². The van der Waals surface area contributed by atoms with Crippen molar-refractivity contribution >= 4 is 46.6 Å². The van der Waals surface area contributed by atoms with Crippen LogP contribution in [0.4, 0.5) is 5.69 Å². The highest BCUT2D eigenvalue weighted by Crippen LogP contribution is 2.30. The molecule has 0 radical (unpaired) electrons. The van der Waals surface area contributed by atoms with Gasteiger partial charge >= 0.3 is 0 Å². The number of halogens is 2. The molecule has 6 nitrogen and oxygen atoms in total. The molecule has 9 heteroatoms. The van der Waals surface area contributed by atoms with Crippen molar-refractivity contribution in [2.75, 3.05) is 11.1 Å². The third kappa shape index (κ3) is 4.67. The maximum Gasteiger partial charge on any atom is 0.234 e. The van der Waals surface area contributed by atoms with E-state index in [1.807, 2.05) is 0 Å². The Hall–Kier alpha value is -2.48. The van der Waals surface area contributed by atoms with Crippen LogP contribution < -0.4 is 5.32 Å². The summed E-state index contributed by atoms with van der Waals surface area (Å²) in [5, 5.41) is 22.5. The first-order chi connectivity index (χ1) is 13.5. The number of hydrogen-bond donors (Lipinski definition) is 2. The van der Waals surface area contributed by atoms with E-state index in [-0.39, 0.29) is 17.4 Å². The van der Waals surface area contributed by atoms with E-state index in [9.17, 15) is 9.90 Å². The van der Waals surface area contributed by atoms with Gasteiger partial charge < -0.3 is 10.4 Å². The van der Waals surface area contributed by atoms with E-state index in [1.165, 1.54) is 11.8 Å². The highest BCUT2D eigenvalue weighted by molar-refractivity contribution is 7.99. The fourth-order valence-electron chi connectivity index (χ4n) is 2.46. The zero-order valence-corrected chi connectivity index (χ0v) is 16.9. The lowest BCUT2D eigenvalue weighted by Gasteiger charge is -2.09. The van der Waals surface area contributed by atoms with E-state index in [1.54, 1.807) is 53.1 Å². The van der Waals surface area contributed by atoms with Crippen LogP contribution in [0.5, 0.6) is 5.75 Å². The largest absolute Gasteiger partial charge is 0.507 e. The number of aromatic hydroxyl groups is 1. The average molecular weight is 435 g/mol. The topological polar surface area (TPSA) is 80.0 Å². The first kappa shape index (κ1) is 20.3. The maximum atomic E-state index is 12.3. The van der Waals surface area contributed by atoms with E-state index in [2.05, 4.69) is 22.1 Å². The average Bonchev–Trinajstić information content (AvgIpc) is 3.06. The van der Waals surface area contributed by atoms with E-state index >= 15 is 0 Å².